The molecule has 1 aliphatic heterocycles. The van der Waals surface area contributed by atoms with Crippen LogP contribution >= 0.6 is 22.7 Å². The van der Waals surface area contributed by atoms with Gasteiger partial charge in [0.05, 0.1) is 15.1 Å². The van der Waals surface area contributed by atoms with Crippen LogP contribution in [0.5, 0.6) is 11.5 Å². The summed E-state index contributed by atoms with van der Waals surface area (Å²) in [6.07, 6.45) is 0. The molecule has 3 aromatic rings. The van der Waals surface area contributed by atoms with Crippen molar-refractivity contribution in [1.82, 2.24) is 10.3 Å². The summed E-state index contributed by atoms with van der Waals surface area (Å²) in [4.78, 5) is 20.9. The molecule has 0 aliphatic carbocycles. The molecule has 8 heteroatoms. The van der Waals surface area contributed by atoms with Crippen molar-refractivity contribution in [2.24, 2.45) is 0 Å². The monoisotopic (exact) mass is 389 g/mol. The SMILES string of the molecule is CN(C)c1nc2sc(C(=O)NC(C)(C)c3ccc4c(c3)OCO4)cc2s1. The van der Waals surface area contributed by atoms with Gasteiger partial charge in [0.15, 0.2) is 16.6 Å². The number of rotatable bonds is 4. The summed E-state index contributed by atoms with van der Waals surface area (Å²) in [5, 5.41) is 4.05. The number of hydrogen-bond acceptors (Lipinski definition) is 7. The normalized spacial score (nSPS) is 13.2. The molecule has 2 aromatic heterocycles. The summed E-state index contributed by atoms with van der Waals surface area (Å²) in [7, 11) is 3.92. The average molecular weight is 390 g/mol. The molecule has 1 aliphatic rings. The van der Waals surface area contributed by atoms with E-state index < -0.39 is 5.54 Å². The number of aromatic nitrogens is 1. The molecule has 4 rings (SSSR count). The minimum atomic E-state index is -0.544. The highest BCUT2D eigenvalue weighted by Crippen LogP contribution is 2.37. The number of fused-ring (bicyclic) bond motifs is 2. The molecule has 0 bridgehead atoms. The zero-order valence-corrected chi connectivity index (χ0v) is 16.6. The van der Waals surface area contributed by atoms with E-state index in [1.807, 2.05) is 57.1 Å². The van der Waals surface area contributed by atoms with Crippen molar-refractivity contribution in [3.05, 3.63) is 34.7 Å². The number of ether oxygens (including phenoxy) is 2. The van der Waals surface area contributed by atoms with Crippen LogP contribution in [0, 0.1) is 0 Å². The molecule has 1 aromatic carbocycles. The van der Waals surface area contributed by atoms with Gasteiger partial charge in [-0.3, -0.25) is 4.79 Å². The molecule has 0 radical (unpaired) electrons. The molecule has 0 saturated heterocycles. The Morgan fingerprint density at radius 1 is 1.19 bits per heavy atom. The number of hydrogen-bond donors (Lipinski definition) is 1. The lowest BCUT2D eigenvalue weighted by atomic mass is 9.93. The Hall–Kier alpha value is -2.32. The molecule has 0 spiro atoms. The maximum absolute atomic E-state index is 12.8. The van der Waals surface area contributed by atoms with Crippen molar-refractivity contribution in [3.63, 3.8) is 0 Å². The lowest BCUT2D eigenvalue weighted by molar-refractivity contribution is 0.0916. The van der Waals surface area contributed by atoms with Crippen molar-refractivity contribution >= 4 is 43.2 Å². The van der Waals surface area contributed by atoms with Crippen LogP contribution in [0.3, 0.4) is 0 Å². The number of carbonyl (C=O) groups excluding carboxylic acids is 1. The van der Waals surface area contributed by atoms with Crippen molar-refractivity contribution in [1.29, 1.82) is 0 Å². The van der Waals surface area contributed by atoms with Gasteiger partial charge in [-0.25, -0.2) is 4.98 Å². The molecule has 0 atom stereocenters. The minimum absolute atomic E-state index is 0.103. The zero-order chi connectivity index (χ0) is 18.5. The standard InChI is InChI=1S/C18H19N3O3S2/c1-18(2,10-5-6-11-12(7-10)24-9-23-11)20-15(22)13-8-14-16(25-13)19-17(26-14)21(3)4/h5-8H,9H2,1-4H3,(H,20,22). The van der Waals surface area contributed by atoms with Crippen LogP contribution in [0.15, 0.2) is 24.3 Å². The van der Waals surface area contributed by atoms with E-state index in [2.05, 4.69) is 10.3 Å². The van der Waals surface area contributed by atoms with Crippen molar-refractivity contribution < 1.29 is 14.3 Å². The molecule has 0 fully saturated rings. The lowest BCUT2D eigenvalue weighted by Gasteiger charge is -2.26. The van der Waals surface area contributed by atoms with E-state index in [0.717, 1.165) is 26.0 Å². The second-order valence-electron chi connectivity index (χ2n) is 6.82. The smallest absolute Gasteiger partial charge is 0.262 e. The molecule has 1 N–H and O–H groups in total. The number of amides is 1. The number of nitrogens with zero attached hydrogens (tertiary/aromatic N) is 2. The van der Waals surface area contributed by atoms with Crippen LogP contribution in [-0.2, 0) is 5.54 Å². The van der Waals surface area contributed by atoms with Gasteiger partial charge >= 0.3 is 0 Å². The first-order valence-electron chi connectivity index (χ1n) is 8.14. The summed E-state index contributed by atoms with van der Waals surface area (Å²) in [5.74, 6) is 1.34. The maximum atomic E-state index is 12.8. The van der Waals surface area contributed by atoms with Crippen LogP contribution in [0.1, 0.15) is 29.1 Å². The molecule has 1 amide bonds. The fraction of sp³-hybridized carbons (Fsp3) is 0.333. The van der Waals surface area contributed by atoms with Crippen molar-refractivity contribution in [2.45, 2.75) is 19.4 Å². The largest absolute Gasteiger partial charge is 0.454 e. The van der Waals surface area contributed by atoms with E-state index in [0.29, 0.717) is 10.6 Å². The molecular formula is C18H19N3O3S2. The van der Waals surface area contributed by atoms with Gasteiger partial charge in [-0.05, 0) is 37.6 Å². The number of thiazole rings is 1. The first kappa shape index (κ1) is 17.1. The van der Waals surface area contributed by atoms with E-state index in [9.17, 15) is 4.79 Å². The van der Waals surface area contributed by atoms with Gasteiger partial charge in [0.25, 0.3) is 5.91 Å². The topological polar surface area (TPSA) is 63.7 Å². The van der Waals surface area contributed by atoms with Crippen LogP contribution in [0.2, 0.25) is 0 Å². The Morgan fingerprint density at radius 2 is 1.96 bits per heavy atom. The van der Waals surface area contributed by atoms with Gasteiger partial charge in [-0.2, -0.15) is 0 Å². The quantitative estimate of drug-likeness (QED) is 0.735. The second kappa shape index (κ2) is 6.14. The number of thiophene rings is 1. The summed E-state index contributed by atoms with van der Waals surface area (Å²) in [5.41, 5.74) is 0.416. The molecule has 6 nitrogen and oxygen atoms in total. The second-order valence-corrected chi connectivity index (χ2v) is 8.86. The number of anilines is 1. The first-order chi connectivity index (χ1) is 12.3. The van der Waals surface area contributed by atoms with Crippen molar-refractivity contribution in [2.75, 3.05) is 25.8 Å². The molecule has 26 heavy (non-hydrogen) atoms. The fourth-order valence-corrected chi connectivity index (χ4v) is 4.76. The first-order valence-corrected chi connectivity index (χ1v) is 9.77. The molecule has 0 unspecified atom stereocenters. The average Bonchev–Trinajstić information content (AvgIpc) is 3.27. The summed E-state index contributed by atoms with van der Waals surface area (Å²) in [6.45, 7) is 4.18. The van der Waals surface area contributed by atoms with Gasteiger partial charge in [0.1, 0.15) is 4.83 Å². The van der Waals surface area contributed by atoms with Crippen LogP contribution in [0.25, 0.3) is 9.53 Å². The molecule has 3 heterocycles. The number of nitrogens with one attached hydrogen (secondary N) is 1. The third kappa shape index (κ3) is 2.99. The zero-order valence-electron chi connectivity index (χ0n) is 15.0. The number of carbonyl (C=O) groups is 1. The van der Waals surface area contributed by atoms with Gasteiger partial charge in [0.2, 0.25) is 6.79 Å². The highest BCUT2D eigenvalue weighted by Gasteiger charge is 2.27. The van der Waals surface area contributed by atoms with Crippen LogP contribution in [0.4, 0.5) is 5.13 Å². The molecule has 0 saturated carbocycles. The Balaban J connectivity index is 1.55. The Bertz CT molecular complexity index is 959. The van der Waals surface area contributed by atoms with Gasteiger partial charge in [-0.15, -0.1) is 11.3 Å². The third-order valence-electron chi connectivity index (χ3n) is 4.20. The predicted molar refractivity (Wildman–Crippen MR) is 105 cm³/mol. The highest BCUT2D eigenvalue weighted by atomic mass is 32.1. The van der Waals surface area contributed by atoms with E-state index >= 15 is 0 Å². The Morgan fingerprint density at radius 3 is 2.69 bits per heavy atom. The van der Waals surface area contributed by atoms with Crippen molar-refractivity contribution in [3.8, 4) is 11.5 Å². The third-order valence-corrected chi connectivity index (χ3v) is 6.53. The van der Waals surface area contributed by atoms with Crippen LogP contribution < -0.4 is 19.7 Å². The fourth-order valence-electron chi connectivity index (χ4n) is 2.73. The summed E-state index contributed by atoms with van der Waals surface area (Å²) < 4.78 is 11.8. The summed E-state index contributed by atoms with van der Waals surface area (Å²) >= 11 is 3.00. The highest BCUT2D eigenvalue weighted by molar-refractivity contribution is 7.29. The maximum Gasteiger partial charge on any atom is 0.262 e. The van der Waals surface area contributed by atoms with E-state index in [1.54, 1.807) is 11.3 Å². The lowest BCUT2D eigenvalue weighted by Crippen LogP contribution is -2.40. The Labute approximate surface area is 159 Å². The van der Waals surface area contributed by atoms with Crippen LogP contribution in [-0.4, -0.2) is 31.8 Å². The number of benzene rings is 1. The Kier molecular flexibility index (Phi) is 4.04. The predicted octanol–water partition coefficient (Wildman–Crippen LogP) is 3.82. The molecular weight excluding hydrogens is 370 g/mol. The minimum Gasteiger partial charge on any atom is -0.454 e. The van der Waals surface area contributed by atoms with Gasteiger partial charge < -0.3 is 19.7 Å². The molecule has 136 valence electrons. The van der Waals surface area contributed by atoms with E-state index in [4.69, 9.17) is 9.47 Å². The van der Waals surface area contributed by atoms with E-state index in [-0.39, 0.29) is 12.7 Å². The van der Waals surface area contributed by atoms with Gasteiger partial charge in [0, 0.05) is 14.1 Å². The van der Waals surface area contributed by atoms with E-state index in [1.165, 1.54) is 11.3 Å². The summed E-state index contributed by atoms with van der Waals surface area (Å²) in [6, 6.07) is 7.65. The van der Waals surface area contributed by atoms with Gasteiger partial charge in [-0.1, -0.05) is 17.4 Å².